The molecule has 0 radical (unpaired) electrons. The van der Waals surface area contributed by atoms with Gasteiger partial charge in [-0.15, -0.1) is 0 Å². The summed E-state index contributed by atoms with van der Waals surface area (Å²) in [5.41, 5.74) is -0.336. The summed E-state index contributed by atoms with van der Waals surface area (Å²) in [6.07, 6.45) is 9.39. The number of ether oxygens (including phenoxy) is 3. The van der Waals surface area contributed by atoms with E-state index in [1.165, 1.54) is 0 Å². The van der Waals surface area contributed by atoms with Gasteiger partial charge in [-0.25, -0.2) is 0 Å². The topological polar surface area (TPSA) is 44.8 Å². The number of carbonyl (C=O) groups is 1. The molecule has 1 aliphatic heterocycles. The van der Waals surface area contributed by atoms with Gasteiger partial charge in [0, 0.05) is 12.5 Å². The van der Waals surface area contributed by atoms with Crippen molar-refractivity contribution < 1.29 is 19.0 Å². The Morgan fingerprint density at radius 2 is 1.96 bits per heavy atom. The summed E-state index contributed by atoms with van der Waals surface area (Å²) in [7, 11) is 0. The number of rotatable bonds is 10. The van der Waals surface area contributed by atoms with Crippen LogP contribution in [-0.2, 0) is 19.0 Å². The van der Waals surface area contributed by atoms with Gasteiger partial charge >= 0.3 is 5.97 Å². The van der Waals surface area contributed by atoms with Crippen molar-refractivity contribution in [1.29, 1.82) is 0 Å². The second-order valence-electron chi connectivity index (χ2n) is 6.25. The molecule has 1 heterocycles. The molecule has 134 valence electrons. The molecule has 3 unspecified atom stereocenters. The maximum absolute atomic E-state index is 12.1. The van der Waals surface area contributed by atoms with E-state index in [4.69, 9.17) is 14.2 Å². The fraction of sp³-hybridized carbons (Fsp3) is 0.842. The van der Waals surface area contributed by atoms with Crippen molar-refractivity contribution >= 4 is 5.97 Å². The average Bonchev–Trinajstić information content (AvgIpc) is 2.82. The molecule has 4 heteroatoms. The molecule has 0 aromatic heterocycles. The number of hydrogen-bond donors (Lipinski definition) is 0. The molecule has 4 nitrogen and oxygen atoms in total. The summed E-state index contributed by atoms with van der Waals surface area (Å²) in [4.78, 5) is 12.1. The van der Waals surface area contributed by atoms with Crippen LogP contribution in [0.1, 0.15) is 73.1 Å². The Labute approximate surface area is 141 Å². The normalized spacial score (nSPS) is 30.9. The second-order valence-corrected chi connectivity index (χ2v) is 6.25. The summed E-state index contributed by atoms with van der Waals surface area (Å²) >= 11 is 0. The van der Waals surface area contributed by atoms with E-state index >= 15 is 0 Å². The number of carbonyl (C=O) groups excluding carboxylic acids is 1. The third-order valence-corrected chi connectivity index (χ3v) is 4.64. The second kappa shape index (κ2) is 9.43. The standard InChI is InChI=1S/C19H34O4/c1-6-11-12-13-18(8-3)14-16(7-2)19(23-18,22-10-5)15-17(20)21-9-4/h12-13,16H,6-11,14-15H2,1-5H3. The van der Waals surface area contributed by atoms with Gasteiger partial charge in [0.1, 0.15) is 0 Å². The lowest BCUT2D eigenvalue weighted by Gasteiger charge is -2.35. The lowest BCUT2D eigenvalue weighted by Crippen LogP contribution is -2.43. The van der Waals surface area contributed by atoms with E-state index in [9.17, 15) is 4.79 Å². The van der Waals surface area contributed by atoms with Gasteiger partial charge in [0.15, 0.2) is 5.79 Å². The minimum Gasteiger partial charge on any atom is -0.466 e. The van der Waals surface area contributed by atoms with Gasteiger partial charge in [-0.1, -0.05) is 39.3 Å². The van der Waals surface area contributed by atoms with E-state index in [0.717, 1.165) is 32.1 Å². The average molecular weight is 326 g/mol. The third kappa shape index (κ3) is 5.05. The largest absolute Gasteiger partial charge is 0.466 e. The van der Waals surface area contributed by atoms with Gasteiger partial charge in [-0.2, -0.15) is 0 Å². The van der Waals surface area contributed by atoms with E-state index in [1.807, 2.05) is 13.8 Å². The SMILES string of the molecule is CCCC=CC1(CC)CC(CC)C(CC(=O)OCC)(OCC)O1. The van der Waals surface area contributed by atoms with Crippen LogP contribution >= 0.6 is 0 Å². The quantitative estimate of drug-likeness (QED) is 0.434. The van der Waals surface area contributed by atoms with Crippen LogP contribution in [0.25, 0.3) is 0 Å². The van der Waals surface area contributed by atoms with Crippen molar-refractivity contribution in [2.45, 2.75) is 84.5 Å². The highest BCUT2D eigenvalue weighted by Gasteiger charge is 2.55. The van der Waals surface area contributed by atoms with E-state index in [1.54, 1.807) is 0 Å². The van der Waals surface area contributed by atoms with Crippen molar-refractivity contribution in [3.63, 3.8) is 0 Å². The molecule has 1 aliphatic rings. The molecule has 23 heavy (non-hydrogen) atoms. The predicted molar refractivity (Wildman–Crippen MR) is 92.2 cm³/mol. The maximum atomic E-state index is 12.1. The summed E-state index contributed by atoms with van der Waals surface area (Å²) in [6, 6.07) is 0. The van der Waals surface area contributed by atoms with Crippen LogP contribution in [0.3, 0.4) is 0 Å². The monoisotopic (exact) mass is 326 g/mol. The molecule has 0 bridgehead atoms. The summed E-state index contributed by atoms with van der Waals surface area (Å²) < 4.78 is 17.7. The minimum atomic E-state index is -0.859. The Balaban J connectivity index is 3.04. The summed E-state index contributed by atoms with van der Waals surface area (Å²) in [6.45, 7) is 11.1. The molecule has 1 rings (SSSR count). The van der Waals surface area contributed by atoms with Crippen molar-refractivity contribution in [3.05, 3.63) is 12.2 Å². The van der Waals surface area contributed by atoms with Crippen LogP contribution in [-0.4, -0.2) is 30.6 Å². The molecular formula is C19H34O4. The number of hydrogen-bond acceptors (Lipinski definition) is 4. The molecule has 0 aromatic carbocycles. The maximum Gasteiger partial charge on any atom is 0.311 e. The highest BCUT2D eigenvalue weighted by Crippen LogP contribution is 2.49. The molecule has 1 saturated heterocycles. The fourth-order valence-corrected chi connectivity index (χ4v) is 3.43. The lowest BCUT2D eigenvalue weighted by molar-refractivity contribution is -0.261. The zero-order valence-electron chi connectivity index (χ0n) is 15.5. The summed E-state index contributed by atoms with van der Waals surface area (Å²) in [5, 5.41) is 0. The highest BCUT2D eigenvalue weighted by molar-refractivity contribution is 5.70. The molecule has 0 spiro atoms. The van der Waals surface area contributed by atoms with Crippen molar-refractivity contribution in [2.75, 3.05) is 13.2 Å². The van der Waals surface area contributed by atoms with Crippen LogP contribution in [0.2, 0.25) is 0 Å². The first-order valence-corrected chi connectivity index (χ1v) is 9.18. The first-order chi connectivity index (χ1) is 11.0. The van der Waals surface area contributed by atoms with E-state index in [2.05, 4.69) is 32.9 Å². The Kier molecular flexibility index (Phi) is 8.27. The number of allylic oxidation sites excluding steroid dienone is 1. The number of unbranched alkanes of at least 4 members (excludes halogenated alkanes) is 1. The first kappa shape index (κ1) is 20.2. The van der Waals surface area contributed by atoms with Crippen molar-refractivity contribution in [2.24, 2.45) is 5.92 Å². The minimum absolute atomic E-state index is 0.163. The van der Waals surface area contributed by atoms with Gasteiger partial charge in [0.2, 0.25) is 0 Å². The molecular weight excluding hydrogens is 292 g/mol. The summed E-state index contributed by atoms with van der Waals surface area (Å²) in [5.74, 6) is -0.913. The van der Waals surface area contributed by atoms with Gasteiger partial charge in [-0.05, 0) is 39.5 Å². The fourth-order valence-electron chi connectivity index (χ4n) is 3.43. The Bertz CT molecular complexity index is 393. The predicted octanol–water partition coefficient (Wildman–Crippen LogP) is 4.62. The van der Waals surface area contributed by atoms with Gasteiger partial charge in [0.05, 0.1) is 18.6 Å². The Morgan fingerprint density at radius 3 is 2.48 bits per heavy atom. The molecule has 3 atom stereocenters. The lowest BCUT2D eigenvalue weighted by atomic mass is 9.85. The Morgan fingerprint density at radius 1 is 1.22 bits per heavy atom. The zero-order chi connectivity index (χ0) is 17.3. The molecule has 0 saturated carbocycles. The van der Waals surface area contributed by atoms with Crippen LogP contribution in [0.15, 0.2) is 12.2 Å². The first-order valence-electron chi connectivity index (χ1n) is 9.18. The molecule has 0 amide bonds. The molecule has 1 fully saturated rings. The Hall–Kier alpha value is -0.870. The van der Waals surface area contributed by atoms with Crippen LogP contribution in [0.5, 0.6) is 0 Å². The van der Waals surface area contributed by atoms with E-state index in [0.29, 0.717) is 13.2 Å². The van der Waals surface area contributed by atoms with Crippen LogP contribution in [0, 0.1) is 5.92 Å². The van der Waals surface area contributed by atoms with Crippen LogP contribution < -0.4 is 0 Å². The van der Waals surface area contributed by atoms with E-state index < -0.39 is 5.79 Å². The number of esters is 1. The van der Waals surface area contributed by atoms with Gasteiger partial charge in [-0.3, -0.25) is 4.79 Å². The molecule has 0 aliphatic carbocycles. The zero-order valence-corrected chi connectivity index (χ0v) is 15.5. The van der Waals surface area contributed by atoms with Gasteiger partial charge in [0.25, 0.3) is 0 Å². The molecule has 0 aromatic rings. The smallest absolute Gasteiger partial charge is 0.311 e. The van der Waals surface area contributed by atoms with Crippen LogP contribution in [0.4, 0.5) is 0 Å². The van der Waals surface area contributed by atoms with E-state index in [-0.39, 0.29) is 23.9 Å². The van der Waals surface area contributed by atoms with Gasteiger partial charge < -0.3 is 14.2 Å². The molecule has 0 N–H and O–H groups in total. The van der Waals surface area contributed by atoms with Crippen molar-refractivity contribution in [1.82, 2.24) is 0 Å². The highest BCUT2D eigenvalue weighted by atomic mass is 16.7. The van der Waals surface area contributed by atoms with Crippen molar-refractivity contribution in [3.8, 4) is 0 Å². The third-order valence-electron chi connectivity index (χ3n) is 4.64.